The van der Waals surface area contributed by atoms with Crippen LogP contribution in [0.2, 0.25) is 0 Å². The number of ether oxygens (including phenoxy) is 1. The number of methoxy groups -OCH3 is 1. The Morgan fingerprint density at radius 1 is 1.30 bits per heavy atom. The van der Waals surface area contributed by atoms with Gasteiger partial charge >= 0.3 is 7.12 Å². The van der Waals surface area contributed by atoms with Crippen LogP contribution in [0.25, 0.3) is 0 Å². The van der Waals surface area contributed by atoms with Gasteiger partial charge in [-0.3, -0.25) is 4.68 Å². The van der Waals surface area contributed by atoms with Crippen molar-refractivity contribution in [3.05, 3.63) is 11.9 Å². The second-order valence-electron chi connectivity index (χ2n) is 6.53. The third-order valence-electron chi connectivity index (χ3n) is 4.34. The van der Waals surface area contributed by atoms with Crippen LogP contribution in [0, 0.1) is 6.92 Å². The van der Waals surface area contributed by atoms with Gasteiger partial charge in [0.1, 0.15) is 0 Å². The Morgan fingerprint density at radius 2 is 1.85 bits per heavy atom. The summed E-state index contributed by atoms with van der Waals surface area (Å²) in [6.45, 7) is 12.9. The molecule has 0 radical (unpaired) electrons. The third kappa shape index (κ3) is 2.78. The minimum atomic E-state index is -0.355. The summed E-state index contributed by atoms with van der Waals surface area (Å²) in [6.07, 6.45) is 2.12. The van der Waals surface area contributed by atoms with Crippen LogP contribution in [-0.2, 0) is 20.6 Å². The van der Waals surface area contributed by atoms with E-state index < -0.39 is 0 Å². The van der Waals surface area contributed by atoms with Crippen molar-refractivity contribution in [2.24, 2.45) is 0 Å². The van der Waals surface area contributed by atoms with Gasteiger partial charge in [-0.05, 0) is 41.5 Å². The third-order valence-corrected chi connectivity index (χ3v) is 4.34. The van der Waals surface area contributed by atoms with E-state index >= 15 is 0 Å². The second-order valence-corrected chi connectivity index (χ2v) is 6.53. The average Bonchev–Trinajstić information content (AvgIpc) is 2.77. The van der Waals surface area contributed by atoms with E-state index in [9.17, 15) is 0 Å². The number of aryl methyl sites for hydroxylation is 1. The lowest BCUT2D eigenvalue weighted by Gasteiger charge is -2.32. The molecule has 5 nitrogen and oxygen atoms in total. The predicted molar refractivity (Wildman–Crippen MR) is 79.2 cm³/mol. The van der Waals surface area contributed by atoms with E-state index in [2.05, 4.69) is 32.8 Å². The van der Waals surface area contributed by atoms with Gasteiger partial charge in [-0.1, -0.05) is 0 Å². The number of hydrogen-bond donors (Lipinski definition) is 0. The van der Waals surface area contributed by atoms with Crippen LogP contribution in [0.4, 0.5) is 0 Å². The van der Waals surface area contributed by atoms with Crippen LogP contribution in [-0.4, -0.2) is 41.3 Å². The van der Waals surface area contributed by atoms with Crippen LogP contribution in [0.5, 0.6) is 0 Å². The molecule has 1 aliphatic heterocycles. The first kappa shape index (κ1) is 15.5. The van der Waals surface area contributed by atoms with E-state index in [1.165, 1.54) is 0 Å². The van der Waals surface area contributed by atoms with Crippen molar-refractivity contribution in [2.75, 3.05) is 7.11 Å². The Kier molecular flexibility index (Phi) is 4.02. The molecular formula is C14H25BN2O3. The molecule has 1 aromatic rings. The Hall–Kier alpha value is -0.845. The van der Waals surface area contributed by atoms with Crippen molar-refractivity contribution >= 4 is 12.6 Å². The fourth-order valence-electron chi connectivity index (χ4n) is 2.17. The monoisotopic (exact) mass is 280 g/mol. The Labute approximate surface area is 121 Å². The summed E-state index contributed by atoms with van der Waals surface area (Å²) in [5, 5.41) is 4.52. The second kappa shape index (κ2) is 5.17. The highest BCUT2D eigenvalue weighted by molar-refractivity contribution is 6.62. The molecule has 0 spiro atoms. The van der Waals surface area contributed by atoms with Gasteiger partial charge in [-0.15, -0.1) is 0 Å². The molecule has 0 aromatic carbocycles. The van der Waals surface area contributed by atoms with Crippen molar-refractivity contribution in [1.29, 1.82) is 0 Å². The summed E-state index contributed by atoms with van der Waals surface area (Å²) in [7, 11) is 1.35. The van der Waals surface area contributed by atoms with Gasteiger partial charge in [0.2, 0.25) is 0 Å². The quantitative estimate of drug-likeness (QED) is 0.785. The first-order valence-corrected chi connectivity index (χ1v) is 7.08. The standard InChI is InChI=1S/C14H25BN2O3/c1-10(18-7)8-17-9-12(11(2)16-17)15-19-13(3,4)14(5,6)20-15/h9-10H,8H2,1-7H3. The highest BCUT2D eigenvalue weighted by Crippen LogP contribution is 2.36. The van der Waals surface area contributed by atoms with Crippen molar-refractivity contribution in [3.8, 4) is 0 Å². The van der Waals surface area contributed by atoms with E-state index in [0.29, 0.717) is 0 Å². The zero-order valence-corrected chi connectivity index (χ0v) is 13.6. The molecule has 0 saturated carbocycles. The summed E-state index contributed by atoms with van der Waals surface area (Å²) >= 11 is 0. The molecule has 0 aliphatic carbocycles. The number of hydrogen-bond acceptors (Lipinski definition) is 4. The molecule has 20 heavy (non-hydrogen) atoms. The van der Waals surface area contributed by atoms with Crippen molar-refractivity contribution in [1.82, 2.24) is 9.78 Å². The topological polar surface area (TPSA) is 45.5 Å². The number of aromatic nitrogens is 2. The lowest BCUT2D eigenvalue weighted by Crippen LogP contribution is -2.41. The van der Waals surface area contributed by atoms with Gasteiger partial charge in [-0.25, -0.2) is 0 Å². The Morgan fingerprint density at radius 3 is 2.35 bits per heavy atom. The number of nitrogens with zero attached hydrogens (tertiary/aromatic N) is 2. The smallest absolute Gasteiger partial charge is 0.399 e. The van der Waals surface area contributed by atoms with Gasteiger partial charge in [0.15, 0.2) is 0 Å². The molecule has 1 atom stereocenters. The molecule has 1 aliphatic rings. The van der Waals surface area contributed by atoms with Gasteiger partial charge < -0.3 is 14.0 Å². The summed E-state index contributed by atoms with van der Waals surface area (Å²) < 4.78 is 19.3. The van der Waals surface area contributed by atoms with Crippen molar-refractivity contribution < 1.29 is 14.0 Å². The molecule has 6 heteroatoms. The Bertz CT molecular complexity index is 469. The lowest BCUT2D eigenvalue weighted by atomic mass is 9.79. The zero-order chi connectivity index (χ0) is 15.1. The van der Waals surface area contributed by atoms with Crippen molar-refractivity contribution in [2.45, 2.75) is 65.4 Å². The predicted octanol–water partition coefficient (Wildman–Crippen LogP) is 1.53. The van der Waals surface area contributed by atoms with Crippen LogP contribution < -0.4 is 5.46 Å². The van der Waals surface area contributed by atoms with Crippen LogP contribution >= 0.6 is 0 Å². The van der Waals surface area contributed by atoms with E-state index in [0.717, 1.165) is 17.7 Å². The zero-order valence-electron chi connectivity index (χ0n) is 13.6. The molecule has 1 unspecified atom stereocenters. The van der Waals surface area contributed by atoms with E-state index in [-0.39, 0.29) is 24.4 Å². The van der Waals surface area contributed by atoms with Gasteiger partial charge in [0, 0.05) is 18.8 Å². The highest BCUT2D eigenvalue weighted by atomic mass is 16.7. The maximum Gasteiger partial charge on any atom is 0.498 e. The highest BCUT2D eigenvalue weighted by Gasteiger charge is 2.52. The number of rotatable bonds is 4. The summed E-state index contributed by atoms with van der Waals surface area (Å²) in [6, 6.07) is 0. The molecule has 0 N–H and O–H groups in total. The molecule has 112 valence electrons. The van der Waals surface area contributed by atoms with E-state index in [1.54, 1.807) is 7.11 Å². The molecule has 2 heterocycles. The van der Waals surface area contributed by atoms with Crippen LogP contribution in [0.1, 0.15) is 40.3 Å². The maximum absolute atomic E-state index is 6.07. The van der Waals surface area contributed by atoms with Crippen LogP contribution in [0.15, 0.2) is 6.20 Å². The first-order valence-electron chi connectivity index (χ1n) is 7.08. The van der Waals surface area contributed by atoms with Gasteiger partial charge in [-0.2, -0.15) is 5.10 Å². The van der Waals surface area contributed by atoms with Crippen LogP contribution in [0.3, 0.4) is 0 Å². The van der Waals surface area contributed by atoms with Crippen molar-refractivity contribution in [3.63, 3.8) is 0 Å². The van der Waals surface area contributed by atoms with Gasteiger partial charge in [0.25, 0.3) is 0 Å². The molecule has 0 bridgehead atoms. The summed E-state index contributed by atoms with van der Waals surface area (Å²) in [5.41, 5.74) is 1.27. The molecule has 1 aromatic heterocycles. The normalized spacial score (nSPS) is 22.2. The van der Waals surface area contributed by atoms with Gasteiger partial charge in [0.05, 0.1) is 29.5 Å². The summed E-state index contributed by atoms with van der Waals surface area (Å²) in [4.78, 5) is 0. The SMILES string of the molecule is COC(C)Cn1cc(B2OC(C)(C)C(C)(C)O2)c(C)n1. The average molecular weight is 280 g/mol. The fraction of sp³-hybridized carbons (Fsp3) is 0.786. The first-order chi connectivity index (χ1) is 9.16. The maximum atomic E-state index is 6.07. The van der Waals surface area contributed by atoms with E-state index in [1.807, 2.05) is 24.7 Å². The largest absolute Gasteiger partial charge is 0.498 e. The fourth-order valence-corrected chi connectivity index (χ4v) is 2.17. The molecule has 2 rings (SSSR count). The molecular weight excluding hydrogens is 255 g/mol. The molecule has 1 fully saturated rings. The summed E-state index contributed by atoms with van der Waals surface area (Å²) in [5.74, 6) is 0. The Balaban J connectivity index is 2.19. The molecule has 0 amide bonds. The van der Waals surface area contributed by atoms with E-state index in [4.69, 9.17) is 14.0 Å². The minimum Gasteiger partial charge on any atom is -0.399 e. The molecule has 1 saturated heterocycles. The lowest BCUT2D eigenvalue weighted by molar-refractivity contribution is 0.00578. The minimum absolute atomic E-state index is 0.125.